The van der Waals surface area contributed by atoms with Crippen LogP contribution < -0.4 is 5.73 Å². The highest BCUT2D eigenvalue weighted by Gasteiger charge is 1.83. The third-order valence-corrected chi connectivity index (χ3v) is 0.888. The second-order valence-corrected chi connectivity index (χ2v) is 1.48. The molecule has 2 heteroatoms. The zero-order valence-electron chi connectivity index (χ0n) is 4.41. The molecule has 0 aliphatic heterocycles. The van der Waals surface area contributed by atoms with Crippen LogP contribution >= 0.6 is 0 Å². The van der Waals surface area contributed by atoms with E-state index in [1.807, 2.05) is 12.1 Å². The first-order chi connectivity index (χ1) is 3.93. The van der Waals surface area contributed by atoms with E-state index in [1.165, 1.54) is 0 Å². The first-order valence-electron chi connectivity index (χ1n) is 2.44. The number of hydrogen-bond donors (Lipinski definition) is 0. The van der Waals surface area contributed by atoms with Gasteiger partial charge in [-0.25, -0.2) is 0 Å². The van der Waals surface area contributed by atoms with Gasteiger partial charge >= 0.3 is 0 Å². The molecule has 1 heterocycles. The molecule has 0 aromatic carbocycles. The van der Waals surface area contributed by atoms with Gasteiger partial charge < -0.3 is 0 Å². The van der Waals surface area contributed by atoms with Gasteiger partial charge in [-0.15, -0.1) is 5.73 Å². The minimum atomic E-state index is 0.0286. The molecule has 8 heavy (non-hydrogen) atoms. The predicted octanol–water partition coefficient (Wildman–Crippen LogP) is 0.650. The third-order valence-electron chi connectivity index (χ3n) is 0.888. The number of hydrogen-bond acceptors (Lipinski definition) is 1. The van der Waals surface area contributed by atoms with Crippen molar-refractivity contribution >= 4 is 0 Å². The van der Waals surface area contributed by atoms with Gasteiger partial charge in [0.2, 0.25) is 0 Å². The van der Waals surface area contributed by atoms with Crippen molar-refractivity contribution in [2.45, 2.75) is 6.54 Å². The Kier molecular flexibility index (Phi) is 1.59. The lowest BCUT2D eigenvalue weighted by molar-refractivity contribution is 0.960. The molecule has 1 aromatic rings. The maximum atomic E-state index is 8.48. The summed E-state index contributed by atoms with van der Waals surface area (Å²) in [5.74, 6) is 0. The molecule has 0 aliphatic carbocycles. The Labute approximate surface area is 48.4 Å². The van der Waals surface area contributed by atoms with Crippen LogP contribution in [0.1, 0.15) is 5.69 Å². The second-order valence-electron chi connectivity index (χ2n) is 1.48. The average Bonchev–Trinajstić information content (AvgIpc) is 1.90. The molecule has 2 nitrogen and oxygen atoms in total. The Bertz CT molecular complexity index is 148. The number of aromatic nitrogens is 1. The van der Waals surface area contributed by atoms with Crippen LogP contribution in [0, 0.1) is 0 Å². The Balaban J connectivity index is 2.83. The maximum Gasteiger partial charge on any atom is 0.0745 e. The third kappa shape index (κ3) is 1.04. The number of pyridine rings is 1. The minimum absolute atomic E-state index is 0.0286. The lowest BCUT2D eigenvalue weighted by Gasteiger charge is -1.87. The van der Waals surface area contributed by atoms with Crippen molar-refractivity contribution in [2.24, 2.45) is 0 Å². The molecule has 0 bridgehead atoms. The van der Waals surface area contributed by atoms with Gasteiger partial charge in [0, 0.05) is 6.20 Å². The normalized spacial score (nSPS) is 9.12. The summed E-state index contributed by atoms with van der Waals surface area (Å²) in [5, 5.41) is 0. The predicted molar refractivity (Wildman–Crippen MR) is 30.1 cm³/mol. The van der Waals surface area contributed by atoms with Crippen LogP contribution in [-0.4, -0.2) is 4.98 Å². The van der Waals surface area contributed by atoms with Crippen LogP contribution in [0.4, 0.5) is 0 Å². The molecular formula is C6H6N2. The van der Waals surface area contributed by atoms with Gasteiger partial charge in [-0.2, -0.15) is 0 Å². The molecule has 40 valence electrons. The van der Waals surface area contributed by atoms with E-state index < -0.39 is 0 Å². The van der Waals surface area contributed by atoms with Crippen molar-refractivity contribution in [1.82, 2.24) is 10.7 Å². The van der Waals surface area contributed by atoms with Gasteiger partial charge in [-0.3, -0.25) is 4.98 Å². The largest absolute Gasteiger partial charge is 0.260 e. The van der Waals surface area contributed by atoms with Crippen LogP contribution in [0.3, 0.4) is 0 Å². The summed E-state index contributed by atoms with van der Waals surface area (Å²) in [6, 6.07) is 5.44. The summed E-state index contributed by atoms with van der Waals surface area (Å²) in [6.45, 7) is 0.0286. The van der Waals surface area contributed by atoms with Crippen LogP contribution in [0.15, 0.2) is 24.4 Å². The van der Waals surface area contributed by atoms with Crippen LogP contribution in [-0.2, 0) is 6.54 Å². The standard InChI is InChI=1S/C6H6N2/c7-5-6-3-1-2-4-8-6/h1-4H,5H2. The molecule has 0 saturated heterocycles. The molecule has 0 amide bonds. The highest BCUT2D eigenvalue weighted by atomic mass is 14.7. The van der Waals surface area contributed by atoms with E-state index in [0.717, 1.165) is 0 Å². The van der Waals surface area contributed by atoms with Gasteiger partial charge in [0.25, 0.3) is 0 Å². The monoisotopic (exact) mass is 106 g/mol. The Morgan fingerprint density at radius 2 is 2.38 bits per heavy atom. The SMILES string of the molecule is [N]Cc1ccccn1. The van der Waals surface area contributed by atoms with Crippen molar-refractivity contribution in [3.05, 3.63) is 30.1 Å². The fraction of sp³-hybridized carbons (Fsp3) is 0.167. The van der Waals surface area contributed by atoms with Crippen molar-refractivity contribution in [2.75, 3.05) is 0 Å². The second kappa shape index (κ2) is 2.43. The Morgan fingerprint density at radius 1 is 1.50 bits per heavy atom. The summed E-state index contributed by atoms with van der Waals surface area (Å²) in [4.78, 5) is 3.85. The molecule has 0 fully saturated rings. The molecule has 0 saturated carbocycles. The molecule has 0 spiro atoms. The van der Waals surface area contributed by atoms with E-state index in [2.05, 4.69) is 4.98 Å². The molecule has 1 aromatic heterocycles. The van der Waals surface area contributed by atoms with Gasteiger partial charge in [0.05, 0.1) is 12.2 Å². The first-order valence-corrected chi connectivity index (χ1v) is 2.44. The van der Waals surface area contributed by atoms with Crippen LogP contribution in [0.25, 0.3) is 0 Å². The molecule has 0 N–H and O–H groups in total. The highest BCUT2D eigenvalue weighted by molar-refractivity contribution is 5.01. The van der Waals surface area contributed by atoms with Crippen LogP contribution in [0.2, 0.25) is 0 Å². The smallest absolute Gasteiger partial charge is 0.0745 e. The Hall–Kier alpha value is -0.890. The zero-order chi connectivity index (χ0) is 5.82. The summed E-state index contributed by atoms with van der Waals surface area (Å²) >= 11 is 0. The lowest BCUT2D eigenvalue weighted by atomic mass is 10.4. The molecule has 1 rings (SSSR count). The molecule has 0 atom stereocenters. The molecule has 0 unspecified atom stereocenters. The summed E-state index contributed by atoms with van der Waals surface area (Å²) in [5.41, 5.74) is 9.19. The quantitative estimate of drug-likeness (QED) is 0.517. The minimum Gasteiger partial charge on any atom is -0.260 e. The zero-order valence-corrected chi connectivity index (χ0v) is 4.41. The van der Waals surface area contributed by atoms with E-state index in [0.29, 0.717) is 5.69 Å². The summed E-state index contributed by atoms with van der Waals surface area (Å²) in [6.07, 6.45) is 1.66. The topological polar surface area (TPSA) is 35.2 Å². The maximum absolute atomic E-state index is 8.48. The van der Waals surface area contributed by atoms with Crippen molar-refractivity contribution in [3.63, 3.8) is 0 Å². The fourth-order valence-electron chi connectivity index (χ4n) is 0.492. The Morgan fingerprint density at radius 3 is 2.75 bits per heavy atom. The van der Waals surface area contributed by atoms with Crippen LogP contribution in [0.5, 0.6) is 0 Å². The fourth-order valence-corrected chi connectivity index (χ4v) is 0.492. The average molecular weight is 106 g/mol. The van der Waals surface area contributed by atoms with E-state index in [9.17, 15) is 0 Å². The number of rotatable bonds is 1. The van der Waals surface area contributed by atoms with Gasteiger partial charge in [-0.1, -0.05) is 6.07 Å². The van der Waals surface area contributed by atoms with E-state index in [-0.39, 0.29) is 6.54 Å². The van der Waals surface area contributed by atoms with Crippen molar-refractivity contribution < 1.29 is 0 Å². The summed E-state index contributed by atoms with van der Waals surface area (Å²) < 4.78 is 0. The van der Waals surface area contributed by atoms with Gasteiger partial charge in [0.15, 0.2) is 0 Å². The van der Waals surface area contributed by atoms with Crippen molar-refractivity contribution in [1.29, 1.82) is 0 Å². The van der Waals surface area contributed by atoms with Gasteiger partial charge in [0.1, 0.15) is 0 Å². The van der Waals surface area contributed by atoms with Crippen molar-refractivity contribution in [3.8, 4) is 0 Å². The molecule has 2 radical (unpaired) electrons. The number of nitrogens with zero attached hydrogens (tertiary/aromatic N) is 2. The van der Waals surface area contributed by atoms with E-state index in [1.54, 1.807) is 12.3 Å². The lowest BCUT2D eigenvalue weighted by Crippen LogP contribution is -1.86. The van der Waals surface area contributed by atoms with E-state index >= 15 is 0 Å². The van der Waals surface area contributed by atoms with E-state index in [4.69, 9.17) is 5.73 Å². The first kappa shape index (κ1) is 5.25. The molecular weight excluding hydrogens is 100 g/mol. The van der Waals surface area contributed by atoms with Gasteiger partial charge in [-0.05, 0) is 12.1 Å². The molecule has 0 aliphatic rings. The highest BCUT2D eigenvalue weighted by Crippen LogP contribution is 1.89. The summed E-state index contributed by atoms with van der Waals surface area (Å²) in [7, 11) is 0.